The molecule has 1 aromatic rings. The number of carboxylic acid groups (broad SMARTS) is 1. The van der Waals surface area contributed by atoms with E-state index in [1.807, 2.05) is 0 Å². The summed E-state index contributed by atoms with van der Waals surface area (Å²) >= 11 is 0. The van der Waals surface area contributed by atoms with E-state index in [9.17, 15) is 14.7 Å². The van der Waals surface area contributed by atoms with Crippen molar-refractivity contribution < 1.29 is 14.4 Å². The second-order valence-electron chi connectivity index (χ2n) is 1.36. The third-order valence-electron chi connectivity index (χ3n) is 0.725. The fraction of sp³-hybridized carbons (Fsp3) is 0. The van der Waals surface area contributed by atoms with Crippen LogP contribution in [0.1, 0.15) is 10.6 Å². The average molecular weight is 128 g/mol. The number of carbonyl (C=O) groups is 1. The van der Waals surface area contributed by atoms with Crippen LogP contribution in [-0.2, 0) is 0 Å². The third-order valence-corrected chi connectivity index (χ3v) is 0.725. The van der Waals surface area contributed by atoms with Gasteiger partial charge in [0.1, 0.15) is 5.97 Å². The number of hydrogen-bond acceptors (Lipinski definition) is 4. The van der Waals surface area contributed by atoms with Crippen LogP contribution in [0.2, 0.25) is 0 Å². The van der Waals surface area contributed by atoms with Crippen LogP contribution in [0.5, 0.6) is 0 Å². The number of aromatic amines is 1. The van der Waals surface area contributed by atoms with Gasteiger partial charge in [-0.25, -0.2) is 0 Å². The molecule has 9 heavy (non-hydrogen) atoms. The quantitative estimate of drug-likeness (QED) is 0.490. The number of aromatic carboxylic acids is 1. The predicted molar refractivity (Wildman–Crippen MR) is 23.7 cm³/mol. The number of hydrogen-bond donors (Lipinski definition) is 1. The molecule has 0 saturated carbocycles. The molecule has 0 bridgehead atoms. The van der Waals surface area contributed by atoms with Gasteiger partial charge in [0.05, 0.1) is 6.07 Å². The molecular weight excluding hydrogens is 126 g/mol. The zero-order valence-corrected chi connectivity index (χ0v) is 4.21. The Morgan fingerprint density at radius 1 is 1.78 bits per heavy atom. The highest BCUT2D eigenvalue weighted by Crippen LogP contribution is 1.86. The third kappa shape index (κ3) is 0.987. The molecule has 0 amide bonds. The Balaban J connectivity index is 3.12. The van der Waals surface area contributed by atoms with Crippen LogP contribution in [0.15, 0.2) is 15.4 Å². The summed E-state index contributed by atoms with van der Waals surface area (Å²) < 4.78 is 4.13. The summed E-state index contributed by atoms with van der Waals surface area (Å²) in [5.74, 6) is -1.99. The molecule has 0 aliphatic heterocycles. The Morgan fingerprint density at radius 2 is 2.44 bits per heavy atom. The van der Waals surface area contributed by atoms with E-state index in [-0.39, 0.29) is 0 Å². The minimum Gasteiger partial charge on any atom is -0.541 e. The molecular formula is C4H2NO4-. The van der Waals surface area contributed by atoms with Gasteiger partial charge in [-0.1, -0.05) is 0 Å². The van der Waals surface area contributed by atoms with E-state index >= 15 is 0 Å². The first-order chi connectivity index (χ1) is 4.20. The summed E-state index contributed by atoms with van der Waals surface area (Å²) in [6.45, 7) is 0. The van der Waals surface area contributed by atoms with E-state index in [4.69, 9.17) is 0 Å². The van der Waals surface area contributed by atoms with Crippen LogP contribution in [0.4, 0.5) is 0 Å². The maximum absolute atomic E-state index is 10.2. The maximum atomic E-state index is 10.2. The molecule has 0 unspecified atom stereocenters. The molecule has 5 nitrogen and oxygen atoms in total. The Kier molecular flexibility index (Phi) is 1.11. The first-order valence-corrected chi connectivity index (χ1v) is 2.10. The van der Waals surface area contributed by atoms with E-state index in [2.05, 4.69) is 4.52 Å². The van der Waals surface area contributed by atoms with Crippen molar-refractivity contribution in [2.45, 2.75) is 0 Å². The van der Waals surface area contributed by atoms with Gasteiger partial charge in [0.15, 0.2) is 5.76 Å². The highest BCUT2D eigenvalue weighted by molar-refractivity contribution is 5.81. The average Bonchev–Trinajstić information content (AvgIpc) is 2.14. The lowest BCUT2D eigenvalue weighted by Crippen LogP contribution is -2.21. The Bertz CT molecular complexity index is 270. The number of rotatable bonds is 1. The van der Waals surface area contributed by atoms with Gasteiger partial charge in [-0.15, -0.1) is 0 Å². The van der Waals surface area contributed by atoms with Crippen LogP contribution in [0.3, 0.4) is 0 Å². The first kappa shape index (κ1) is 5.61. The summed E-state index contributed by atoms with van der Waals surface area (Å²) in [5, 5.41) is 11.6. The van der Waals surface area contributed by atoms with E-state index in [0.717, 1.165) is 6.07 Å². The molecule has 1 N–H and O–H groups in total. The highest BCUT2D eigenvalue weighted by atomic mass is 16.5. The smallest absolute Gasteiger partial charge is 0.280 e. The topological polar surface area (TPSA) is 86.1 Å². The zero-order chi connectivity index (χ0) is 6.85. The van der Waals surface area contributed by atoms with Crippen molar-refractivity contribution in [2.75, 3.05) is 0 Å². The fourth-order valence-corrected chi connectivity index (χ4v) is 0.384. The number of aromatic nitrogens is 1. The van der Waals surface area contributed by atoms with Gasteiger partial charge in [-0.3, -0.25) is 4.79 Å². The van der Waals surface area contributed by atoms with Gasteiger partial charge in [-0.05, 0) is 0 Å². The molecule has 0 radical (unpaired) electrons. The molecule has 0 aromatic carbocycles. The first-order valence-electron chi connectivity index (χ1n) is 2.10. The summed E-state index contributed by atoms with van der Waals surface area (Å²) in [4.78, 5) is 20.0. The molecule has 48 valence electrons. The Labute approximate surface area is 48.9 Å². The van der Waals surface area contributed by atoms with Crippen LogP contribution in [0, 0.1) is 0 Å². The summed E-state index contributed by atoms with van der Waals surface area (Å²) in [6.07, 6.45) is 0. The van der Waals surface area contributed by atoms with Gasteiger partial charge in [0.2, 0.25) is 0 Å². The fourth-order valence-electron chi connectivity index (χ4n) is 0.384. The molecule has 0 spiro atoms. The molecule has 0 aliphatic rings. The van der Waals surface area contributed by atoms with Gasteiger partial charge >= 0.3 is 0 Å². The van der Waals surface area contributed by atoms with E-state index in [1.54, 1.807) is 5.16 Å². The van der Waals surface area contributed by atoms with Crippen LogP contribution in [-0.4, -0.2) is 11.1 Å². The monoisotopic (exact) mass is 128 g/mol. The van der Waals surface area contributed by atoms with Crippen molar-refractivity contribution in [2.24, 2.45) is 0 Å². The molecule has 1 heterocycles. The van der Waals surface area contributed by atoms with Gasteiger partial charge < -0.3 is 14.4 Å². The molecule has 0 fully saturated rings. The second kappa shape index (κ2) is 1.77. The number of carbonyl (C=O) groups excluding carboxylic acids is 1. The largest absolute Gasteiger partial charge is 0.541 e. The maximum Gasteiger partial charge on any atom is 0.280 e. The standard InChI is InChI=1S/C4H3NO4/c6-3-1-2(4(7)8)9-5-3/h1H,(H,5,6)(H,7,8)/p-1. The van der Waals surface area contributed by atoms with Gasteiger partial charge in [-0.2, -0.15) is 5.16 Å². The summed E-state index contributed by atoms with van der Waals surface area (Å²) in [6, 6.07) is 0.801. The van der Waals surface area contributed by atoms with Crippen molar-refractivity contribution in [3.05, 3.63) is 22.2 Å². The normalized spacial score (nSPS) is 9.33. The molecule has 0 aliphatic carbocycles. The minimum absolute atomic E-state index is 0.486. The lowest BCUT2D eigenvalue weighted by atomic mass is 10.5. The lowest BCUT2D eigenvalue weighted by Gasteiger charge is -1.89. The number of carboxylic acids is 1. The zero-order valence-electron chi connectivity index (χ0n) is 4.21. The Morgan fingerprint density at radius 3 is 2.67 bits per heavy atom. The summed E-state index contributed by atoms with van der Waals surface area (Å²) in [7, 11) is 0. The molecule has 5 heteroatoms. The van der Waals surface area contributed by atoms with Gasteiger partial charge in [0.25, 0.3) is 5.56 Å². The molecule has 0 atom stereocenters. The van der Waals surface area contributed by atoms with Crippen LogP contribution >= 0.6 is 0 Å². The number of H-pyrrole nitrogens is 1. The van der Waals surface area contributed by atoms with Crippen molar-refractivity contribution in [3.8, 4) is 0 Å². The van der Waals surface area contributed by atoms with E-state index < -0.39 is 17.3 Å². The summed E-state index contributed by atoms with van der Waals surface area (Å²) in [5.41, 5.74) is -0.589. The lowest BCUT2D eigenvalue weighted by molar-refractivity contribution is -0.257. The molecule has 1 rings (SSSR count). The van der Waals surface area contributed by atoms with Crippen molar-refractivity contribution in [1.82, 2.24) is 5.16 Å². The van der Waals surface area contributed by atoms with Crippen molar-refractivity contribution in [3.63, 3.8) is 0 Å². The molecule has 0 saturated heterocycles. The predicted octanol–water partition coefficient (Wildman–Crippen LogP) is -1.67. The van der Waals surface area contributed by atoms with Crippen molar-refractivity contribution >= 4 is 5.97 Å². The van der Waals surface area contributed by atoms with Crippen LogP contribution < -0.4 is 10.7 Å². The van der Waals surface area contributed by atoms with E-state index in [0.29, 0.717) is 0 Å². The Hall–Kier alpha value is -1.52. The number of nitrogens with one attached hydrogen (secondary N) is 1. The van der Waals surface area contributed by atoms with Crippen LogP contribution in [0.25, 0.3) is 0 Å². The second-order valence-corrected chi connectivity index (χ2v) is 1.36. The molecule has 1 aromatic heterocycles. The van der Waals surface area contributed by atoms with Crippen molar-refractivity contribution in [1.29, 1.82) is 0 Å². The van der Waals surface area contributed by atoms with Gasteiger partial charge in [0, 0.05) is 0 Å². The SMILES string of the molecule is O=C([O-])c1cc(=O)[nH]o1. The highest BCUT2D eigenvalue weighted by Gasteiger charge is 1.97. The van der Waals surface area contributed by atoms with E-state index in [1.165, 1.54) is 0 Å². The minimum atomic E-state index is -1.51.